The Bertz CT molecular complexity index is 1220. The van der Waals surface area contributed by atoms with E-state index in [1.807, 2.05) is 74.4 Å². The molecule has 0 aromatic heterocycles. The van der Waals surface area contributed by atoms with Crippen LogP contribution in [-0.2, 0) is 9.59 Å². The van der Waals surface area contributed by atoms with Crippen LogP contribution in [0, 0.1) is 6.92 Å². The predicted molar refractivity (Wildman–Crippen MR) is 131 cm³/mol. The van der Waals surface area contributed by atoms with Gasteiger partial charge in [-0.15, -0.1) is 0 Å². The van der Waals surface area contributed by atoms with Crippen molar-refractivity contribution in [1.29, 1.82) is 0 Å². The minimum atomic E-state index is -0.738. The summed E-state index contributed by atoms with van der Waals surface area (Å²) in [6, 6.07) is 21.3. The number of aliphatic hydroxyl groups is 1. The average molecular weight is 491 g/mol. The Morgan fingerprint density at radius 2 is 1.62 bits per heavy atom. The summed E-state index contributed by atoms with van der Waals surface area (Å²) in [6.45, 7) is 1.90. The van der Waals surface area contributed by atoms with Crippen LogP contribution in [0.4, 0.5) is 11.4 Å². The van der Waals surface area contributed by atoms with E-state index >= 15 is 0 Å². The van der Waals surface area contributed by atoms with Gasteiger partial charge < -0.3 is 10.0 Å². The van der Waals surface area contributed by atoms with E-state index in [-0.39, 0.29) is 11.3 Å². The molecule has 0 bridgehead atoms. The molecule has 1 aliphatic heterocycles. The highest BCUT2D eigenvalue weighted by molar-refractivity contribution is 9.10. The lowest BCUT2D eigenvalue weighted by Crippen LogP contribution is -2.29. The van der Waals surface area contributed by atoms with Crippen LogP contribution in [-0.4, -0.2) is 30.9 Å². The number of ketones is 1. The third-order valence-corrected chi connectivity index (χ3v) is 6.53. The van der Waals surface area contributed by atoms with Crippen LogP contribution in [0.3, 0.4) is 0 Å². The van der Waals surface area contributed by atoms with Gasteiger partial charge in [-0.05, 0) is 54.4 Å². The summed E-state index contributed by atoms with van der Waals surface area (Å²) in [4.78, 5) is 29.8. The number of aliphatic hydroxyl groups excluding tert-OH is 1. The molecule has 5 nitrogen and oxygen atoms in total. The Balaban J connectivity index is 1.93. The van der Waals surface area contributed by atoms with Crippen LogP contribution in [0.25, 0.3) is 5.76 Å². The fraction of sp³-hybridized carbons (Fsp3) is 0.154. The van der Waals surface area contributed by atoms with Crippen molar-refractivity contribution >= 4 is 44.8 Å². The molecule has 6 heteroatoms. The number of hydrogen-bond acceptors (Lipinski definition) is 4. The molecule has 1 N–H and O–H groups in total. The molecule has 1 fully saturated rings. The molecule has 0 aliphatic carbocycles. The normalized spacial score (nSPS) is 17.6. The van der Waals surface area contributed by atoms with E-state index < -0.39 is 17.7 Å². The van der Waals surface area contributed by atoms with E-state index in [0.717, 1.165) is 21.3 Å². The molecule has 3 aromatic rings. The first kappa shape index (κ1) is 21.8. The van der Waals surface area contributed by atoms with Crippen molar-refractivity contribution in [1.82, 2.24) is 0 Å². The number of carbonyl (C=O) groups is 2. The quantitative estimate of drug-likeness (QED) is 0.300. The zero-order chi connectivity index (χ0) is 23.0. The van der Waals surface area contributed by atoms with Crippen LogP contribution < -0.4 is 9.80 Å². The SMILES string of the molecule is Cc1cc(/C(O)=C2/C(=O)C(=O)N(c3ccccc3)C2c2ccc(N(C)C)cc2)ccc1Br. The van der Waals surface area contributed by atoms with Crippen molar-refractivity contribution in [3.8, 4) is 0 Å². The van der Waals surface area contributed by atoms with Gasteiger partial charge in [-0.2, -0.15) is 0 Å². The molecule has 1 aliphatic rings. The van der Waals surface area contributed by atoms with Gasteiger partial charge in [-0.1, -0.05) is 52.3 Å². The number of Topliss-reactive ketones (excluding diaryl/α,β-unsaturated/α-hetero) is 1. The molecular weight excluding hydrogens is 468 g/mol. The highest BCUT2D eigenvalue weighted by Crippen LogP contribution is 2.42. The minimum absolute atomic E-state index is 0.0816. The van der Waals surface area contributed by atoms with E-state index in [0.29, 0.717) is 11.3 Å². The Morgan fingerprint density at radius 1 is 0.969 bits per heavy atom. The van der Waals surface area contributed by atoms with E-state index in [2.05, 4.69) is 15.9 Å². The molecule has 3 aromatic carbocycles. The Labute approximate surface area is 195 Å². The van der Waals surface area contributed by atoms with Gasteiger partial charge in [0.15, 0.2) is 0 Å². The maximum atomic E-state index is 13.2. The van der Waals surface area contributed by atoms with E-state index in [1.165, 1.54) is 4.90 Å². The second kappa shape index (κ2) is 8.63. The van der Waals surface area contributed by atoms with E-state index in [9.17, 15) is 14.7 Å². The van der Waals surface area contributed by atoms with Gasteiger partial charge in [0.1, 0.15) is 5.76 Å². The lowest BCUT2D eigenvalue weighted by Gasteiger charge is -2.26. The molecule has 32 heavy (non-hydrogen) atoms. The number of para-hydroxylation sites is 1. The second-order valence-electron chi connectivity index (χ2n) is 7.95. The van der Waals surface area contributed by atoms with Crippen molar-refractivity contribution in [2.24, 2.45) is 0 Å². The average Bonchev–Trinajstić information content (AvgIpc) is 3.06. The zero-order valence-electron chi connectivity index (χ0n) is 18.0. The number of benzene rings is 3. The van der Waals surface area contributed by atoms with Crippen molar-refractivity contribution < 1.29 is 14.7 Å². The molecule has 1 atom stereocenters. The topological polar surface area (TPSA) is 60.9 Å². The molecule has 162 valence electrons. The fourth-order valence-corrected chi connectivity index (χ4v) is 4.15. The summed E-state index contributed by atoms with van der Waals surface area (Å²) >= 11 is 3.46. The monoisotopic (exact) mass is 490 g/mol. The van der Waals surface area contributed by atoms with Crippen molar-refractivity contribution in [2.45, 2.75) is 13.0 Å². The van der Waals surface area contributed by atoms with Gasteiger partial charge in [0.2, 0.25) is 0 Å². The molecule has 1 amide bonds. The standard InChI is InChI=1S/C26H23BrN2O3/c1-16-15-18(11-14-21(16)27)24(30)22-23(17-9-12-19(13-10-17)28(2)3)29(26(32)25(22)31)20-7-5-4-6-8-20/h4-15,23,30H,1-3H3/b24-22-. The first-order chi connectivity index (χ1) is 15.3. The van der Waals surface area contributed by atoms with Gasteiger partial charge in [0.05, 0.1) is 11.6 Å². The fourth-order valence-electron chi connectivity index (χ4n) is 3.91. The number of carbonyl (C=O) groups excluding carboxylic acids is 2. The lowest BCUT2D eigenvalue weighted by molar-refractivity contribution is -0.132. The van der Waals surface area contributed by atoms with Gasteiger partial charge in [-0.25, -0.2) is 0 Å². The van der Waals surface area contributed by atoms with E-state index in [4.69, 9.17) is 0 Å². The summed E-state index contributed by atoms with van der Waals surface area (Å²) in [5, 5.41) is 11.2. The molecule has 1 unspecified atom stereocenters. The van der Waals surface area contributed by atoms with Gasteiger partial charge >= 0.3 is 0 Å². The molecule has 0 saturated carbocycles. The smallest absolute Gasteiger partial charge is 0.300 e. The van der Waals surface area contributed by atoms with Crippen molar-refractivity contribution in [2.75, 3.05) is 23.9 Å². The predicted octanol–water partition coefficient (Wildman–Crippen LogP) is 5.45. The van der Waals surface area contributed by atoms with Gasteiger partial charge in [-0.3, -0.25) is 14.5 Å². The third kappa shape index (κ3) is 3.82. The molecular formula is C26H23BrN2O3. The molecule has 0 spiro atoms. The summed E-state index contributed by atoms with van der Waals surface area (Å²) in [7, 11) is 3.89. The number of nitrogens with zero attached hydrogens (tertiary/aromatic N) is 2. The summed E-state index contributed by atoms with van der Waals surface area (Å²) in [5.41, 5.74) is 3.83. The maximum Gasteiger partial charge on any atom is 0.300 e. The van der Waals surface area contributed by atoms with Crippen molar-refractivity contribution in [3.05, 3.63) is 99.5 Å². The maximum absolute atomic E-state index is 13.2. The lowest BCUT2D eigenvalue weighted by atomic mass is 9.94. The Kier molecular flexibility index (Phi) is 5.89. The van der Waals surface area contributed by atoms with Gasteiger partial charge in [0.25, 0.3) is 11.7 Å². The van der Waals surface area contributed by atoms with Crippen molar-refractivity contribution in [3.63, 3.8) is 0 Å². The van der Waals surface area contributed by atoms with Crippen LogP contribution >= 0.6 is 15.9 Å². The first-order valence-electron chi connectivity index (χ1n) is 10.2. The third-order valence-electron chi connectivity index (χ3n) is 5.64. The van der Waals surface area contributed by atoms with Crippen LogP contribution in [0.1, 0.15) is 22.7 Å². The van der Waals surface area contributed by atoms with Crippen LogP contribution in [0.15, 0.2) is 82.8 Å². The summed E-state index contributed by atoms with van der Waals surface area (Å²) in [6.07, 6.45) is 0. The number of amides is 1. The number of hydrogen-bond donors (Lipinski definition) is 1. The highest BCUT2D eigenvalue weighted by Gasteiger charge is 2.46. The molecule has 1 heterocycles. The number of halogens is 1. The Hall–Kier alpha value is -3.38. The first-order valence-corrected chi connectivity index (χ1v) is 11.0. The van der Waals surface area contributed by atoms with Gasteiger partial charge in [0, 0.05) is 35.5 Å². The number of aryl methyl sites for hydroxylation is 1. The Morgan fingerprint density at radius 3 is 2.22 bits per heavy atom. The van der Waals surface area contributed by atoms with Crippen LogP contribution in [0.5, 0.6) is 0 Å². The number of rotatable bonds is 4. The number of anilines is 2. The van der Waals surface area contributed by atoms with E-state index in [1.54, 1.807) is 24.3 Å². The minimum Gasteiger partial charge on any atom is -0.507 e. The molecule has 1 saturated heterocycles. The largest absolute Gasteiger partial charge is 0.507 e. The zero-order valence-corrected chi connectivity index (χ0v) is 19.6. The summed E-state index contributed by atoms with van der Waals surface area (Å²) < 4.78 is 0.898. The molecule has 0 radical (unpaired) electrons. The second-order valence-corrected chi connectivity index (χ2v) is 8.81. The highest BCUT2D eigenvalue weighted by atomic mass is 79.9. The molecule has 4 rings (SSSR count). The van der Waals surface area contributed by atoms with Crippen LogP contribution in [0.2, 0.25) is 0 Å². The summed E-state index contributed by atoms with van der Waals surface area (Å²) in [5.74, 6) is -1.54.